The van der Waals surface area contributed by atoms with Crippen molar-refractivity contribution in [3.8, 4) is 0 Å². The standard InChI is InChI=1S/C6H12NO3/c8-4-1-2-6(10)7-3-5-9/h9H,1-5H2,(H,7,10). The first-order valence-electron chi connectivity index (χ1n) is 3.27. The zero-order valence-electron chi connectivity index (χ0n) is 5.80. The van der Waals surface area contributed by atoms with Gasteiger partial charge in [-0.3, -0.25) is 4.79 Å². The number of amides is 1. The Balaban J connectivity index is 3.09. The summed E-state index contributed by atoms with van der Waals surface area (Å²) in [5.41, 5.74) is 0. The molecule has 0 saturated carbocycles. The maximum absolute atomic E-state index is 10.6. The van der Waals surface area contributed by atoms with Crippen LogP contribution >= 0.6 is 0 Å². The zero-order chi connectivity index (χ0) is 7.82. The molecule has 1 amide bonds. The van der Waals surface area contributed by atoms with E-state index in [0.717, 1.165) is 0 Å². The van der Waals surface area contributed by atoms with Crippen molar-refractivity contribution in [3.05, 3.63) is 0 Å². The van der Waals surface area contributed by atoms with Crippen LogP contribution in [0.5, 0.6) is 0 Å². The molecule has 0 heterocycles. The fraction of sp³-hybridized carbons (Fsp3) is 0.833. The largest absolute Gasteiger partial charge is 0.395 e. The first kappa shape index (κ1) is 9.39. The Morgan fingerprint density at radius 1 is 1.50 bits per heavy atom. The maximum atomic E-state index is 10.6. The predicted octanol–water partition coefficient (Wildman–Crippen LogP) is -0.694. The van der Waals surface area contributed by atoms with Gasteiger partial charge in [-0.25, -0.2) is 5.11 Å². The lowest BCUT2D eigenvalue weighted by molar-refractivity contribution is -0.121. The van der Waals surface area contributed by atoms with Gasteiger partial charge in [0.05, 0.1) is 13.2 Å². The lowest BCUT2D eigenvalue weighted by Crippen LogP contribution is -2.26. The molecule has 0 atom stereocenters. The maximum Gasteiger partial charge on any atom is 0.220 e. The van der Waals surface area contributed by atoms with Crippen LogP contribution in [0.15, 0.2) is 0 Å². The van der Waals surface area contributed by atoms with Gasteiger partial charge in [-0.1, -0.05) is 0 Å². The molecule has 59 valence electrons. The van der Waals surface area contributed by atoms with Gasteiger partial charge in [0.2, 0.25) is 5.91 Å². The average molecular weight is 146 g/mol. The van der Waals surface area contributed by atoms with Crippen molar-refractivity contribution in [2.45, 2.75) is 12.8 Å². The highest BCUT2D eigenvalue weighted by molar-refractivity contribution is 5.75. The number of carbonyl (C=O) groups is 1. The minimum absolute atomic E-state index is 0.0525. The molecule has 0 spiro atoms. The van der Waals surface area contributed by atoms with Crippen LogP contribution in [0.4, 0.5) is 0 Å². The van der Waals surface area contributed by atoms with Crippen LogP contribution in [-0.2, 0) is 9.90 Å². The molecule has 0 fully saturated rings. The number of aliphatic hydroxyl groups is 1. The van der Waals surface area contributed by atoms with Gasteiger partial charge in [0.25, 0.3) is 0 Å². The molecule has 4 nitrogen and oxygen atoms in total. The molecular weight excluding hydrogens is 134 g/mol. The third kappa shape index (κ3) is 5.53. The Kier molecular flexibility index (Phi) is 6.11. The third-order valence-corrected chi connectivity index (χ3v) is 0.982. The van der Waals surface area contributed by atoms with E-state index in [1.54, 1.807) is 0 Å². The molecule has 0 aliphatic rings. The Bertz CT molecular complexity index is 85.0. The lowest BCUT2D eigenvalue weighted by Gasteiger charge is -1.99. The van der Waals surface area contributed by atoms with E-state index in [2.05, 4.69) is 5.32 Å². The van der Waals surface area contributed by atoms with Crippen molar-refractivity contribution in [2.24, 2.45) is 0 Å². The van der Waals surface area contributed by atoms with E-state index in [1.165, 1.54) is 0 Å². The summed E-state index contributed by atoms with van der Waals surface area (Å²) in [5.74, 6) is -0.162. The smallest absolute Gasteiger partial charge is 0.220 e. The number of rotatable bonds is 5. The minimum atomic E-state index is -0.216. The van der Waals surface area contributed by atoms with Crippen molar-refractivity contribution in [2.75, 3.05) is 19.8 Å². The third-order valence-electron chi connectivity index (χ3n) is 0.982. The first-order valence-corrected chi connectivity index (χ1v) is 3.27. The van der Waals surface area contributed by atoms with Crippen molar-refractivity contribution in [1.29, 1.82) is 0 Å². The van der Waals surface area contributed by atoms with Gasteiger partial charge in [0.15, 0.2) is 0 Å². The fourth-order valence-electron chi connectivity index (χ4n) is 0.516. The molecule has 0 aliphatic carbocycles. The number of aliphatic hydroxyl groups excluding tert-OH is 1. The molecule has 0 rings (SSSR count). The highest BCUT2D eigenvalue weighted by Crippen LogP contribution is 1.85. The van der Waals surface area contributed by atoms with Gasteiger partial charge in [-0.05, 0) is 6.42 Å². The summed E-state index contributed by atoms with van der Waals surface area (Å²) in [4.78, 5) is 10.6. The van der Waals surface area contributed by atoms with Crippen LogP contribution in [0.3, 0.4) is 0 Å². The first-order chi connectivity index (χ1) is 4.81. The lowest BCUT2D eigenvalue weighted by atomic mass is 10.3. The van der Waals surface area contributed by atoms with Gasteiger partial charge in [-0.15, -0.1) is 0 Å². The van der Waals surface area contributed by atoms with Crippen LogP contribution < -0.4 is 5.32 Å². The highest BCUT2D eigenvalue weighted by Gasteiger charge is 1.97. The van der Waals surface area contributed by atoms with Crippen molar-refractivity contribution < 1.29 is 15.0 Å². The molecule has 0 aliphatic heterocycles. The molecule has 0 aromatic rings. The van der Waals surface area contributed by atoms with E-state index in [-0.39, 0.29) is 32.1 Å². The van der Waals surface area contributed by atoms with Gasteiger partial charge in [-0.2, -0.15) is 0 Å². The second-order valence-corrected chi connectivity index (χ2v) is 1.88. The molecule has 1 radical (unpaired) electrons. The number of carbonyl (C=O) groups excluding carboxylic acids is 1. The molecule has 4 heteroatoms. The summed E-state index contributed by atoms with van der Waals surface area (Å²) in [5, 5.41) is 20.6. The van der Waals surface area contributed by atoms with E-state index >= 15 is 0 Å². The van der Waals surface area contributed by atoms with Crippen molar-refractivity contribution >= 4 is 5.91 Å². The van der Waals surface area contributed by atoms with E-state index in [0.29, 0.717) is 6.42 Å². The number of nitrogens with one attached hydrogen (secondary N) is 1. The van der Waals surface area contributed by atoms with Crippen molar-refractivity contribution in [3.63, 3.8) is 0 Å². The molecule has 0 bridgehead atoms. The monoisotopic (exact) mass is 146 g/mol. The SMILES string of the molecule is [O]CCCC(=O)NCCO. The number of hydrogen-bond acceptors (Lipinski definition) is 2. The van der Waals surface area contributed by atoms with E-state index in [9.17, 15) is 9.90 Å². The van der Waals surface area contributed by atoms with Crippen LogP contribution in [0.25, 0.3) is 0 Å². The Morgan fingerprint density at radius 3 is 2.70 bits per heavy atom. The Hall–Kier alpha value is -0.610. The highest BCUT2D eigenvalue weighted by atomic mass is 16.3. The summed E-state index contributed by atoms with van der Waals surface area (Å²) in [6, 6.07) is 0. The molecule has 0 aromatic carbocycles. The minimum Gasteiger partial charge on any atom is -0.395 e. The zero-order valence-corrected chi connectivity index (χ0v) is 5.80. The second kappa shape index (κ2) is 6.51. The molecule has 0 unspecified atom stereocenters. The summed E-state index contributed by atoms with van der Waals surface area (Å²) < 4.78 is 0. The van der Waals surface area contributed by atoms with Gasteiger partial charge >= 0.3 is 0 Å². The molecule has 10 heavy (non-hydrogen) atoms. The van der Waals surface area contributed by atoms with Crippen LogP contribution in [0.2, 0.25) is 0 Å². The molecule has 0 saturated heterocycles. The quantitative estimate of drug-likeness (QED) is 0.538. The second-order valence-electron chi connectivity index (χ2n) is 1.88. The molecule has 2 N–H and O–H groups in total. The van der Waals surface area contributed by atoms with Gasteiger partial charge in [0.1, 0.15) is 0 Å². The van der Waals surface area contributed by atoms with Crippen molar-refractivity contribution in [1.82, 2.24) is 5.32 Å². The Morgan fingerprint density at radius 2 is 2.20 bits per heavy atom. The van der Waals surface area contributed by atoms with Crippen LogP contribution in [0, 0.1) is 0 Å². The van der Waals surface area contributed by atoms with Crippen LogP contribution in [0.1, 0.15) is 12.8 Å². The summed E-state index contributed by atoms with van der Waals surface area (Å²) in [6.45, 7) is 0.00729. The van der Waals surface area contributed by atoms with E-state index in [4.69, 9.17) is 5.11 Å². The Labute approximate surface area is 59.9 Å². The number of hydrogen-bond donors (Lipinski definition) is 2. The van der Waals surface area contributed by atoms with Crippen LogP contribution in [-0.4, -0.2) is 30.8 Å². The predicted molar refractivity (Wildman–Crippen MR) is 34.9 cm³/mol. The fourth-order valence-corrected chi connectivity index (χ4v) is 0.516. The van der Waals surface area contributed by atoms with E-state index < -0.39 is 0 Å². The summed E-state index contributed by atoms with van der Waals surface area (Å²) in [6.07, 6.45) is 0.640. The van der Waals surface area contributed by atoms with Gasteiger partial charge < -0.3 is 10.4 Å². The topological polar surface area (TPSA) is 69.2 Å². The molecular formula is C6H12NO3. The molecule has 0 aromatic heterocycles. The summed E-state index contributed by atoms with van der Waals surface area (Å²) in [7, 11) is 0. The average Bonchev–Trinajstić information content (AvgIpc) is 1.97. The van der Waals surface area contributed by atoms with Gasteiger partial charge in [0, 0.05) is 13.0 Å². The normalized spacial score (nSPS) is 9.40. The summed E-state index contributed by atoms with van der Waals surface area (Å²) >= 11 is 0. The van der Waals surface area contributed by atoms with E-state index in [1.807, 2.05) is 0 Å².